The Hall–Kier alpha value is -6.54. The molecule has 70 heavy (non-hydrogen) atoms. The van der Waals surface area contributed by atoms with Crippen molar-refractivity contribution in [2.24, 2.45) is 0 Å². The minimum atomic E-state index is -0.998. The summed E-state index contributed by atoms with van der Waals surface area (Å²) in [6.45, 7) is 4.84. The van der Waals surface area contributed by atoms with Crippen LogP contribution in [-0.2, 0) is 67.5 Å². The lowest BCUT2D eigenvalue weighted by atomic mass is 9.87. The number of amides is 6. The zero-order chi connectivity index (χ0) is 49.3. The highest BCUT2D eigenvalue weighted by atomic mass is 16.2. The highest BCUT2D eigenvalue weighted by Gasteiger charge is 2.41. The lowest BCUT2D eigenvalue weighted by molar-refractivity contribution is -0.141. The monoisotopic (exact) mass is 961 g/mol. The van der Waals surface area contributed by atoms with Crippen LogP contribution < -0.4 is 31.9 Å². The van der Waals surface area contributed by atoms with Crippen LogP contribution in [0.15, 0.2) is 60.9 Å². The molecule has 2 fully saturated rings. The fraction of sp³-hybridized carbons (Fsp3) is 0.560. The summed E-state index contributed by atoms with van der Waals surface area (Å²) >= 11 is 0. The van der Waals surface area contributed by atoms with Gasteiger partial charge in [0.05, 0.1) is 48.6 Å². The lowest BCUT2D eigenvalue weighted by Gasteiger charge is -2.31. The highest BCUT2D eigenvalue weighted by molar-refractivity contribution is 5.95. The second-order valence-electron chi connectivity index (χ2n) is 19.2. The van der Waals surface area contributed by atoms with Crippen LogP contribution in [0.1, 0.15) is 111 Å². The molecule has 8 rings (SSSR count). The fourth-order valence-electron chi connectivity index (χ4n) is 10.3. The molecule has 6 N–H and O–H groups in total. The fourth-order valence-corrected chi connectivity index (χ4v) is 10.3. The van der Waals surface area contributed by atoms with Gasteiger partial charge in [0.15, 0.2) is 0 Å². The summed E-state index contributed by atoms with van der Waals surface area (Å²) in [5, 5.41) is 35.4. The molecule has 2 aliphatic heterocycles. The molecule has 4 aliphatic rings. The molecule has 0 unspecified atom stereocenters. The van der Waals surface area contributed by atoms with Crippen LogP contribution in [-0.4, -0.2) is 139 Å². The number of hydrogen-bond acceptors (Lipinski definition) is 12. The third kappa shape index (κ3) is 11.7. The zero-order valence-electron chi connectivity index (χ0n) is 40.7. The molecule has 0 spiro atoms. The van der Waals surface area contributed by atoms with Crippen LogP contribution in [0.2, 0.25) is 0 Å². The molecule has 4 aromatic rings. The Morgan fingerprint density at radius 2 is 1.00 bits per heavy atom. The molecule has 20 heteroatoms. The molecule has 2 aromatic heterocycles. The van der Waals surface area contributed by atoms with E-state index in [2.05, 4.69) is 76.8 Å². The predicted molar refractivity (Wildman–Crippen MR) is 258 cm³/mol. The van der Waals surface area contributed by atoms with Gasteiger partial charge < -0.3 is 41.7 Å². The number of rotatable bonds is 19. The Balaban J connectivity index is 0.897. The van der Waals surface area contributed by atoms with Gasteiger partial charge in [-0.15, -0.1) is 10.2 Å². The first-order valence-corrected chi connectivity index (χ1v) is 25.0. The molecule has 20 nitrogen and oxygen atoms in total. The number of aromatic nitrogens is 6. The van der Waals surface area contributed by atoms with E-state index >= 15 is 0 Å². The maximum Gasteiger partial charge on any atom is 0.246 e. The second kappa shape index (κ2) is 22.9. The van der Waals surface area contributed by atoms with E-state index < -0.39 is 36.3 Å². The number of carbonyl (C=O) groups is 6. The summed E-state index contributed by atoms with van der Waals surface area (Å²) < 4.78 is 3.22. The van der Waals surface area contributed by atoms with Gasteiger partial charge in [0.2, 0.25) is 35.4 Å². The van der Waals surface area contributed by atoms with Gasteiger partial charge in [0.25, 0.3) is 0 Å². The molecule has 0 radical (unpaired) electrons. The average molecular weight is 961 g/mol. The molecular weight excluding hydrogens is 893 g/mol. The van der Waals surface area contributed by atoms with Crippen molar-refractivity contribution >= 4 is 35.4 Å². The minimum Gasteiger partial charge on any atom is -0.347 e. The third-order valence-corrected chi connectivity index (χ3v) is 14.5. The van der Waals surface area contributed by atoms with E-state index in [9.17, 15) is 28.8 Å². The summed E-state index contributed by atoms with van der Waals surface area (Å²) in [6, 6.07) is 11.6. The van der Waals surface area contributed by atoms with E-state index in [1.807, 2.05) is 24.3 Å². The van der Waals surface area contributed by atoms with Crippen LogP contribution in [0, 0.1) is 0 Å². The molecule has 2 aliphatic carbocycles. The van der Waals surface area contributed by atoms with E-state index in [0.29, 0.717) is 63.3 Å². The quantitative estimate of drug-likeness (QED) is 0.0778. The Labute approximate surface area is 408 Å². The average Bonchev–Trinajstić information content (AvgIpc) is 4.23. The van der Waals surface area contributed by atoms with Crippen LogP contribution >= 0.6 is 0 Å². The molecular formula is C50H68N14O6. The summed E-state index contributed by atoms with van der Waals surface area (Å²) in [6.07, 6.45) is 11.4. The van der Waals surface area contributed by atoms with Crippen molar-refractivity contribution in [3.63, 3.8) is 0 Å². The minimum absolute atomic E-state index is 0.0523. The van der Waals surface area contributed by atoms with E-state index in [4.69, 9.17) is 0 Å². The Kier molecular flexibility index (Phi) is 16.3. The highest BCUT2D eigenvalue weighted by Crippen LogP contribution is 2.32. The number of aryl methyl sites for hydroxylation is 4. The first-order chi connectivity index (χ1) is 33.9. The van der Waals surface area contributed by atoms with Gasteiger partial charge in [-0.05, 0) is 114 Å². The largest absolute Gasteiger partial charge is 0.347 e. The van der Waals surface area contributed by atoms with Crippen LogP contribution in [0.25, 0.3) is 0 Å². The number of fused-ring (bicyclic) bond motifs is 2. The molecule has 2 aromatic carbocycles. The third-order valence-electron chi connectivity index (χ3n) is 14.5. The van der Waals surface area contributed by atoms with Crippen molar-refractivity contribution < 1.29 is 28.8 Å². The topological polar surface area (TPSA) is 242 Å². The van der Waals surface area contributed by atoms with Gasteiger partial charge in [-0.2, -0.15) is 0 Å². The smallest absolute Gasteiger partial charge is 0.246 e. The SMILES string of the molecule is CN[C@@H](C)C(=O)N[C@@H](Cc1cn(CCn2cc(C[C@H](NC(=O)[C@H](C)NC)C(=O)N3CCC[C@H]3C(=O)N[C@@H]3CCCc4ccccc43)nn2)nn1)C(=O)N1CCC[C@@H]1C(=O)N[C@H]1CCCc2ccccc21. The summed E-state index contributed by atoms with van der Waals surface area (Å²) in [4.78, 5) is 86.0. The first kappa shape index (κ1) is 49.9. The summed E-state index contributed by atoms with van der Waals surface area (Å²) in [5.74, 6) is -1.82. The van der Waals surface area contributed by atoms with Gasteiger partial charge >= 0.3 is 0 Å². The number of hydrogen-bond donors (Lipinski definition) is 6. The summed E-state index contributed by atoms with van der Waals surface area (Å²) in [5.41, 5.74) is 5.64. The Morgan fingerprint density at radius 1 is 0.586 bits per heavy atom. The molecule has 8 atom stereocenters. The molecule has 6 amide bonds. The molecule has 0 saturated carbocycles. The van der Waals surface area contributed by atoms with Gasteiger partial charge in [0, 0.05) is 38.3 Å². The first-order valence-electron chi connectivity index (χ1n) is 25.0. The summed E-state index contributed by atoms with van der Waals surface area (Å²) in [7, 11) is 3.33. The number of likely N-dealkylation sites (N-methyl/N-ethyl adjacent to an activating group) is 2. The van der Waals surface area contributed by atoms with Gasteiger partial charge in [-0.1, -0.05) is 59.0 Å². The molecule has 0 bridgehead atoms. The van der Waals surface area contributed by atoms with E-state index in [0.717, 1.165) is 49.7 Å². The van der Waals surface area contributed by atoms with Gasteiger partial charge in [-0.25, -0.2) is 0 Å². The number of nitrogens with one attached hydrogen (secondary N) is 6. The van der Waals surface area contributed by atoms with Crippen molar-refractivity contribution in [3.05, 3.63) is 94.6 Å². The zero-order valence-corrected chi connectivity index (χ0v) is 40.7. The standard InChI is InChI=1S/C50H68N14O6/c1-31(51-3)45(65)55-41(49(69)63-23-11-21-43(63)47(67)53-39-19-9-15-33-13-5-7-17-37(33)39)27-35-29-61(59-57-35)25-26-62-30-36(58-60-62)28-42(56-46(66)32(2)52-4)50(70)64-24-12-22-44(64)48(68)54-40-20-10-16-34-14-6-8-18-38(34)40/h5-8,13-14,17-18,29-32,39-44,51-52H,9-12,15-16,19-28H2,1-4H3,(H,53,67)(H,54,68)(H,55,65)(H,56,66)/t31-,32-,39-,40+,41-,42-,43+,44-/m0/s1. The van der Waals surface area contributed by atoms with Gasteiger partial charge in [0.1, 0.15) is 24.2 Å². The number of benzene rings is 2. The predicted octanol–water partition coefficient (Wildman–Crippen LogP) is 1.21. The van der Waals surface area contributed by atoms with E-state index in [1.165, 1.54) is 11.1 Å². The normalized spacial score (nSPS) is 21.4. The Morgan fingerprint density at radius 3 is 1.41 bits per heavy atom. The Bertz CT molecular complexity index is 2340. The molecule has 4 heterocycles. The van der Waals surface area contributed by atoms with E-state index in [-0.39, 0.29) is 60.4 Å². The molecule has 374 valence electrons. The maximum absolute atomic E-state index is 14.3. The number of nitrogens with zero attached hydrogens (tertiary/aromatic N) is 8. The van der Waals surface area contributed by atoms with Gasteiger partial charge in [-0.3, -0.25) is 38.1 Å². The second-order valence-corrected chi connectivity index (χ2v) is 19.2. The van der Waals surface area contributed by atoms with Crippen LogP contribution in [0.4, 0.5) is 0 Å². The van der Waals surface area contributed by atoms with Crippen molar-refractivity contribution in [1.82, 2.24) is 71.7 Å². The number of carbonyl (C=O) groups excluding carboxylic acids is 6. The number of likely N-dealkylation sites (tertiary alicyclic amines) is 2. The maximum atomic E-state index is 14.3. The van der Waals surface area contributed by atoms with Crippen molar-refractivity contribution in [1.29, 1.82) is 0 Å². The van der Waals surface area contributed by atoms with Crippen molar-refractivity contribution in [3.8, 4) is 0 Å². The molecule has 2 saturated heterocycles. The van der Waals surface area contributed by atoms with Crippen LogP contribution in [0.5, 0.6) is 0 Å². The van der Waals surface area contributed by atoms with E-state index in [1.54, 1.807) is 59.5 Å². The van der Waals surface area contributed by atoms with Crippen LogP contribution in [0.3, 0.4) is 0 Å². The van der Waals surface area contributed by atoms with Crippen molar-refractivity contribution in [2.75, 3.05) is 27.2 Å². The lowest BCUT2D eigenvalue weighted by Crippen LogP contribution is -2.56. The van der Waals surface area contributed by atoms with Crippen molar-refractivity contribution in [2.45, 2.75) is 152 Å².